The van der Waals surface area contributed by atoms with Crippen LogP contribution in [0.1, 0.15) is 26.2 Å². The van der Waals surface area contributed by atoms with E-state index in [4.69, 9.17) is 17.3 Å². The Morgan fingerprint density at radius 3 is 2.74 bits per heavy atom. The third kappa shape index (κ3) is 3.74. The van der Waals surface area contributed by atoms with Crippen LogP contribution in [0, 0.1) is 5.82 Å². The molecule has 0 spiro atoms. The summed E-state index contributed by atoms with van der Waals surface area (Å²) in [5.41, 5.74) is 6.96. The predicted octanol–water partition coefficient (Wildman–Crippen LogP) is 3.35. The summed E-state index contributed by atoms with van der Waals surface area (Å²) >= 11 is 5.79. The van der Waals surface area contributed by atoms with E-state index in [1.807, 2.05) is 0 Å². The molecule has 0 atom stereocenters. The minimum Gasteiger partial charge on any atom is -0.397 e. The molecule has 2 rings (SSSR count). The molecule has 5 heteroatoms. The summed E-state index contributed by atoms with van der Waals surface area (Å²) in [6.45, 7) is 5.56. The van der Waals surface area contributed by atoms with E-state index in [0.717, 1.165) is 38.2 Å². The molecule has 0 bridgehead atoms. The molecule has 1 aromatic carbocycles. The van der Waals surface area contributed by atoms with Gasteiger partial charge in [0.1, 0.15) is 5.82 Å². The number of nitrogens with two attached hydrogens (primary N) is 1. The number of halogens is 2. The number of hydrogen-bond acceptors (Lipinski definition) is 3. The first-order valence-electron chi connectivity index (χ1n) is 6.83. The summed E-state index contributed by atoms with van der Waals surface area (Å²) in [7, 11) is 0. The second kappa shape index (κ2) is 6.44. The maximum atomic E-state index is 13.2. The Bertz CT molecular complexity index is 431. The van der Waals surface area contributed by atoms with Gasteiger partial charge in [0.15, 0.2) is 0 Å². The number of piperidine rings is 1. The molecule has 0 aliphatic carbocycles. The highest BCUT2D eigenvalue weighted by molar-refractivity contribution is 6.31. The lowest BCUT2D eigenvalue weighted by Crippen LogP contribution is -2.39. The molecule has 0 saturated carbocycles. The fraction of sp³-hybridized carbons (Fsp3) is 0.571. The Balaban J connectivity index is 1.94. The van der Waals surface area contributed by atoms with E-state index in [1.54, 1.807) is 6.07 Å². The third-order valence-corrected chi connectivity index (χ3v) is 3.87. The SMILES string of the molecule is CCCN1CCC(Nc2cc(Cl)c(F)cc2N)CC1. The van der Waals surface area contributed by atoms with Gasteiger partial charge >= 0.3 is 0 Å². The van der Waals surface area contributed by atoms with Crippen molar-refractivity contribution in [2.24, 2.45) is 0 Å². The summed E-state index contributed by atoms with van der Waals surface area (Å²) in [5.74, 6) is -0.470. The van der Waals surface area contributed by atoms with Crippen LogP contribution < -0.4 is 11.1 Å². The third-order valence-electron chi connectivity index (χ3n) is 3.58. The van der Waals surface area contributed by atoms with Crippen LogP contribution in [0.15, 0.2) is 12.1 Å². The van der Waals surface area contributed by atoms with Crippen molar-refractivity contribution in [3.8, 4) is 0 Å². The Morgan fingerprint density at radius 2 is 2.11 bits per heavy atom. The molecule has 1 aromatic rings. The van der Waals surface area contributed by atoms with Gasteiger partial charge in [0.05, 0.1) is 16.4 Å². The molecule has 0 radical (unpaired) electrons. The van der Waals surface area contributed by atoms with Gasteiger partial charge in [0.25, 0.3) is 0 Å². The Kier molecular flexibility index (Phi) is 4.88. The molecular weight excluding hydrogens is 265 g/mol. The van der Waals surface area contributed by atoms with Crippen LogP contribution in [0.3, 0.4) is 0 Å². The number of nitrogens with one attached hydrogen (secondary N) is 1. The lowest BCUT2D eigenvalue weighted by atomic mass is 10.0. The Hall–Kier alpha value is -1.00. The predicted molar refractivity (Wildman–Crippen MR) is 79.2 cm³/mol. The van der Waals surface area contributed by atoms with E-state index >= 15 is 0 Å². The van der Waals surface area contributed by atoms with Gasteiger partial charge in [-0.3, -0.25) is 0 Å². The van der Waals surface area contributed by atoms with Crippen LogP contribution in [0.4, 0.5) is 15.8 Å². The highest BCUT2D eigenvalue weighted by Crippen LogP contribution is 2.28. The van der Waals surface area contributed by atoms with Crippen molar-refractivity contribution in [3.63, 3.8) is 0 Å². The number of nitrogen functional groups attached to an aromatic ring is 1. The van der Waals surface area contributed by atoms with E-state index < -0.39 is 5.82 Å². The van der Waals surface area contributed by atoms with Gasteiger partial charge < -0.3 is 16.0 Å². The molecule has 1 fully saturated rings. The molecule has 0 unspecified atom stereocenters. The van der Waals surface area contributed by atoms with E-state index in [9.17, 15) is 4.39 Å². The normalized spacial score (nSPS) is 17.6. The standard InChI is InChI=1S/C14H21ClFN3/c1-2-5-19-6-3-10(4-7-19)18-14-8-11(15)12(16)9-13(14)17/h8-10,18H,2-7,17H2,1H3. The van der Waals surface area contributed by atoms with Gasteiger partial charge in [-0.05, 0) is 31.9 Å². The highest BCUT2D eigenvalue weighted by atomic mass is 35.5. The summed E-state index contributed by atoms with van der Waals surface area (Å²) < 4.78 is 13.2. The molecular formula is C14H21ClFN3. The monoisotopic (exact) mass is 285 g/mol. The summed E-state index contributed by atoms with van der Waals surface area (Å²) in [4.78, 5) is 2.47. The van der Waals surface area contributed by atoms with Gasteiger partial charge in [-0.2, -0.15) is 0 Å². The van der Waals surface area contributed by atoms with Crippen molar-refractivity contribution >= 4 is 23.0 Å². The lowest BCUT2D eigenvalue weighted by Gasteiger charge is -2.32. The molecule has 3 N–H and O–H groups in total. The maximum Gasteiger partial charge on any atom is 0.143 e. The van der Waals surface area contributed by atoms with Crippen molar-refractivity contribution in [2.45, 2.75) is 32.2 Å². The first-order chi connectivity index (χ1) is 9.10. The fourth-order valence-corrected chi connectivity index (χ4v) is 2.69. The summed E-state index contributed by atoms with van der Waals surface area (Å²) in [6.07, 6.45) is 3.35. The number of benzene rings is 1. The smallest absolute Gasteiger partial charge is 0.143 e. The zero-order chi connectivity index (χ0) is 13.8. The first-order valence-corrected chi connectivity index (χ1v) is 7.21. The summed E-state index contributed by atoms with van der Waals surface area (Å²) in [6, 6.07) is 3.23. The Labute approximate surface area is 118 Å². The van der Waals surface area contributed by atoms with Crippen LogP contribution in [0.5, 0.6) is 0 Å². The molecule has 1 aliphatic rings. The molecule has 1 aliphatic heterocycles. The number of likely N-dealkylation sites (tertiary alicyclic amines) is 1. The van der Waals surface area contributed by atoms with Gasteiger partial charge in [0.2, 0.25) is 0 Å². The second-order valence-corrected chi connectivity index (χ2v) is 5.52. The topological polar surface area (TPSA) is 41.3 Å². The second-order valence-electron chi connectivity index (χ2n) is 5.11. The fourth-order valence-electron chi connectivity index (χ4n) is 2.52. The maximum absolute atomic E-state index is 13.2. The van der Waals surface area contributed by atoms with Crippen LogP contribution >= 0.6 is 11.6 Å². The molecule has 1 saturated heterocycles. The number of hydrogen-bond donors (Lipinski definition) is 2. The zero-order valence-corrected chi connectivity index (χ0v) is 12.0. The lowest BCUT2D eigenvalue weighted by molar-refractivity contribution is 0.219. The summed E-state index contributed by atoms with van der Waals surface area (Å²) in [5, 5.41) is 3.49. The molecule has 1 heterocycles. The van der Waals surface area contributed by atoms with E-state index in [-0.39, 0.29) is 5.02 Å². The number of rotatable bonds is 4. The van der Waals surface area contributed by atoms with Crippen molar-refractivity contribution in [2.75, 3.05) is 30.7 Å². The zero-order valence-electron chi connectivity index (χ0n) is 11.3. The number of nitrogens with zero attached hydrogens (tertiary/aromatic N) is 1. The molecule has 3 nitrogen and oxygen atoms in total. The molecule has 0 aromatic heterocycles. The minimum absolute atomic E-state index is 0.111. The van der Waals surface area contributed by atoms with Gasteiger partial charge in [-0.25, -0.2) is 4.39 Å². The van der Waals surface area contributed by atoms with Gasteiger partial charge in [-0.1, -0.05) is 18.5 Å². The first kappa shape index (κ1) is 14.4. The van der Waals surface area contributed by atoms with Crippen LogP contribution in [0.25, 0.3) is 0 Å². The quantitative estimate of drug-likeness (QED) is 0.834. The Morgan fingerprint density at radius 1 is 1.42 bits per heavy atom. The van der Waals surface area contributed by atoms with Crippen LogP contribution in [-0.4, -0.2) is 30.6 Å². The van der Waals surface area contributed by atoms with Crippen LogP contribution in [-0.2, 0) is 0 Å². The van der Waals surface area contributed by atoms with E-state index in [1.165, 1.54) is 12.5 Å². The minimum atomic E-state index is -0.470. The van der Waals surface area contributed by atoms with Crippen molar-refractivity contribution < 1.29 is 4.39 Å². The molecule has 0 amide bonds. The van der Waals surface area contributed by atoms with E-state index in [2.05, 4.69) is 17.1 Å². The largest absolute Gasteiger partial charge is 0.397 e. The highest BCUT2D eigenvalue weighted by Gasteiger charge is 2.19. The molecule has 19 heavy (non-hydrogen) atoms. The average Bonchev–Trinajstić information content (AvgIpc) is 2.38. The van der Waals surface area contributed by atoms with Crippen molar-refractivity contribution in [1.29, 1.82) is 0 Å². The number of anilines is 2. The van der Waals surface area contributed by atoms with Gasteiger partial charge in [0, 0.05) is 25.2 Å². The van der Waals surface area contributed by atoms with Crippen molar-refractivity contribution in [1.82, 2.24) is 4.90 Å². The average molecular weight is 286 g/mol. The van der Waals surface area contributed by atoms with Crippen molar-refractivity contribution in [3.05, 3.63) is 23.0 Å². The molecule has 106 valence electrons. The van der Waals surface area contributed by atoms with E-state index in [0.29, 0.717) is 11.7 Å². The van der Waals surface area contributed by atoms with Gasteiger partial charge in [-0.15, -0.1) is 0 Å². The van der Waals surface area contributed by atoms with Crippen LogP contribution in [0.2, 0.25) is 5.02 Å².